The molecule has 1 saturated carbocycles. The molecule has 0 radical (unpaired) electrons. The van der Waals surface area contributed by atoms with E-state index in [1.165, 1.54) is 16.9 Å². The Kier molecular flexibility index (Phi) is 6.47. The molecule has 1 aliphatic carbocycles. The molecule has 3 aromatic rings. The molecule has 3 heterocycles. The van der Waals surface area contributed by atoms with Crippen molar-refractivity contribution in [2.75, 3.05) is 29.9 Å². The second-order valence-corrected chi connectivity index (χ2v) is 10.9. The van der Waals surface area contributed by atoms with Crippen molar-refractivity contribution >= 4 is 34.4 Å². The maximum Gasteiger partial charge on any atom is 0.410 e. The fourth-order valence-electron chi connectivity index (χ4n) is 4.63. The third-order valence-electron chi connectivity index (χ3n) is 6.49. The monoisotopic (exact) mass is 509 g/mol. The molecule has 0 unspecified atom stereocenters. The highest BCUT2D eigenvalue weighted by atomic mass is 19.1. The lowest BCUT2D eigenvalue weighted by Crippen LogP contribution is -2.41. The maximum atomic E-state index is 14.3. The predicted octanol–water partition coefficient (Wildman–Crippen LogP) is 3.98. The molecule has 1 aromatic carbocycles. The Morgan fingerprint density at radius 1 is 1.19 bits per heavy atom. The van der Waals surface area contributed by atoms with Gasteiger partial charge in [0.2, 0.25) is 0 Å². The second kappa shape index (κ2) is 9.60. The van der Waals surface area contributed by atoms with E-state index in [4.69, 9.17) is 4.74 Å². The zero-order valence-corrected chi connectivity index (χ0v) is 21.6. The first-order chi connectivity index (χ1) is 17.6. The number of amides is 2. The van der Waals surface area contributed by atoms with Crippen molar-refractivity contribution in [3.05, 3.63) is 42.2 Å². The summed E-state index contributed by atoms with van der Waals surface area (Å²) in [6.07, 6.45) is 7.41. The van der Waals surface area contributed by atoms with Gasteiger partial charge in [-0.05, 0) is 58.1 Å². The van der Waals surface area contributed by atoms with Crippen LogP contribution in [0.2, 0.25) is 0 Å². The van der Waals surface area contributed by atoms with Gasteiger partial charge in [-0.15, -0.1) is 0 Å². The van der Waals surface area contributed by atoms with Gasteiger partial charge >= 0.3 is 6.09 Å². The molecule has 1 N–H and O–H groups in total. The Morgan fingerprint density at radius 2 is 1.97 bits per heavy atom. The molecule has 0 bridgehead atoms. The van der Waals surface area contributed by atoms with Crippen molar-refractivity contribution in [1.29, 1.82) is 0 Å². The molecular weight excluding hydrogens is 477 g/mol. The lowest BCUT2D eigenvalue weighted by molar-refractivity contribution is 0.0208. The summed E-state index contributed by atoms with van der Waals surface area (Å²) in [5.41, 5.74) is 0.187. The Morgan fingerprint density at radius 3 is 2.65 bits per heavy atom. The van der Waals surface area contributed by atoms with Crippen LogP contribution >= 0.6 is 0 Å². The quantitative estimate of drug-likeness (QED) is 0.536. The van der Waals surface area contributed by atoms with Crippen LogP contribution in [0.25, 0.3) is 10.9 Å². The van der Waals surface area contributed by atoms with Gasteiger partial charge in [0.1, 0.15) is 22.6 Å². The summed E-state index contributed by atoms with van der Waals surface area (Å²) in [6.45, 7) is 7.84. The fraction of sp³-hybridized carbons (Fsp3) is 0.500. The number of ether oxygens (including phenoxy) is 1. The van der Waals surface area contributed by atoms with Crippen LogP contribution in [-0.4, -0.2) is 67.9 Å². The van der Waals surface area contributed by atoms with Gasteiger partial charge in [-0.1, -0.05) is 0 Å². The first-order valence-corrected chi connectivity index (χ1v) is 12.6. The van der Waals surface area contributed by atoms with E-state index in [1.807, 2.05) is 25.7 Å². The topological polar surface area (TPSA) is 105 Å². The number of anilines is 2. The minimum atomic E-state index is -0.519. The van der Waals surface area contributed by atoms with Crippen LogP contribution in [0.5, 0.6) is 0 Å². The number of aryl methyl sites for hydroxylation is 1. The SMILES string of the molecule is Cn1cc2cc(NC(=O)c3cnc(N4CC[C@H](CN(C(=O)OC(C)(C)C)C5CC5)C4)cn3)cc(F)c2n1. The number of fused-ring (bicyclic) bond motifs is 1. The number of rotatable bonds is 6. The molecule has 5 rings (SSSR count). The highest BCUT2D eigenvalue weighted by molar-refractivity contribution is 6.03. The van der Waals surface area contributed by atoms with E-state index in [1.54, 1.807) is 25.5 Å². The van der Waals surface area contributed by atoms with E-state index in [9.17, 15) is 14.0 Å². The summed E-state index contributed by atoms with van der Waals surface area (Å²) < 4.78 is 21.5. The third-order valence-corrected chi connectivity index (χ3v) is 6.49. The highest BCUT2D eigenvalue weighted by Gasteiger charge is 2.38. The third kappa shape index (κ3) is 5.81. The van der Waals surface area contributed by atoms with Gasteiger partial charge in [0, 0.05) is 50.0 Å². The van der Waals surface area contributed by atoms with Gasteiger partial charge in [0.15, 0.2) is 5.82 Å². The van der Waals surface area contributed by atoms with E-state index in [0.717, 1.165) is 32.4 Å². The zero-order chi connectivity index (χ0) is 26.3. The molecule has 2 fully saturated rings. The van der Waals surface area contributed by atoms with E-state index in [0.29, 0.717) is 29.4 Å². The van der Waals surface area contributed by atoms with E-state index >= 15 is 0 Å². The second-order valence-electron chi connectivity index (χ2n) is 10.9. The van der Waals surface area contributed by atoms with Crippen molar-refractivity contribution in [2.45, 2.75) is 51.7 Å². The summed E-state index contributed by atoms with van der Waals surface area (Å²) in [4.78, 5) is 38.1. The molecule has 10 nitrogen and oxygen atoms in total. The number of nitrogens with zero attached hydrogens (tertiary/aromatic N) is 6. The molecule has 0 spiro atoms. The Hall–Kier alpha value is -3.76. The maximum absolute atomic E-state index is 14.3. The summed E-state index contributed by atoms with van der Waals surface area (Å²) in [7, 11) is 1.71. The summed E-state index contributed by atoms with van der Waals surface area (Å²) in [5.74, 6) is -0.00365. The molecular formula is C26H32FN7O3. The van der Waals surface area contributed by atoms with Crippen molar-refractivity contribution in [2.24, 2.45) is 13.0 Å². The molecule has 37 heavy (non-hydrogen) atoms. The van der Waals surface area contributed by atoms with Gasteiger partial charge in [-0.25, -0.2) is 19.2 Å². The van der Waals surface area contributed by atoms with Crippen LogP contribution in [0.3, 0.4) is 0 Å². The number of hydrogen-bond donors (Lipinski definition) is 1. The normalized spacial score (nSPS) is 17.8. The van der Waals surface area contributed by atoms with Gasteiger partial charge in [0.25, 0.3) is 5.91 Å². The first kappa shape index (κ1) is 24.9. The van der Waals surface area contributed by atoms with Crippen molar-refractivity contribution in [3.8, 4) is 0 Å². The summed E-state index contributed by atoms with van der Waals surface area (Å²) in [5, 5.41) is 7.34. The molecule has 1 aliphatic heterocycles. The fourth-order valence-corrected chi connectivity index (χ4v) is 4.63. The Bertz CT molecular complexity index is 1310. The number of carbonyl (C=O) groups is 2. The minimum absolute atomic E-state index is 0.135. The van der Waals surface area contributed by atoms with Crippen LogP contribution in [0.15, 0.2) is 30.7 Å². The van der Waals surface area contributed by atoms with Crippen molar-refractivity contribution < 1.29 is 18.7 Å². The number of aromatic nitrogens is 4. The summed E-state index contributed by atoms with van der Waals surface area (Å²) >= 11 is 0. The molecule has 196 valence electrons. The lowest BCUT2D eigenvalue weighted by Gasteiger charge is -2.29. The zero-order valence-electron chi connectivity index (χ0n) is 21.6. The molecule has 11 heteroatoms. The van der Waals surface area contributed by atoms with Gasteiger partial charge < -0.3 is 19.9 Å². The van der Waals surface area contributed by atoms with Crippen molar-refractivity contribution in [3.63, 3.8) is 0 Å². The standard InChI is InChI=1S/C26H32FN7O3/c1-26(2,3)37-25(36)34(19-5-6-19)14-16-7-8-33(13-16)22-12-28-21(11-29-22)24(35)30-18-9-17-15-32(4)31-23(17)20(27)10-18/h9-12,15-16,19H,5-8,13-14H2,1-4H3,(H,30,35)/t16-/m0/s1. The van der Waals surface area contributed by atoms with Crippen molar-refractivity contribution in [1.82, 2.24) is 24.6 Å². The number of hydrogen-bond acceptors (Lipinski definition) is 7. The van der Waals surface area contributed by atoms with E-state index < -0.39 is 17.3 Å². The average Bonchev–Trinajstić information content (AvgIpc) is 3.42. The minimum Gasteiger partial charge on any atom is -0.444 e. The van der Waals surface area contributed by atoms with Crippen LogP contribution in [0, 0.1) is 11.7 Å². The van der Waals surface area contributed by atoms with Gasteiger partial charge in [-0.2, -0.15) is 5.10 Å². The first-order valence-electron chi connectivity index (χ1n) is 12.6. The average molecular weight is 510 g/mol. The predicted molar refractivity (Wildman–Crippen MR) is 137 cm³/mol. The summed E-state index contributed by atoms with van der Waals surface area (Å²) in [6, 6.07) is 3.17. The van der Waals surface area contributed by atoms with E-state index in [-0.39, 0.29) is 23.3 Å². The molecule has 2 aliphatic rings. The lowest BCUT2D eigenvalue weighted by atomic mass is 10.1. The number of benzene rings is 1. The molecule has 1 saturated heterocycles. The number of halogens is 1. The van der Waals surface area contributed by atoms with Crippen LogP contribution in [-0.2, 0) is 11.8 Å². The number of carbonyl (C=O) groups excluding carboxylic acids is 2. The number of nitrogens with one attached hydrogen (secondary N) is 1. The Balaban J connectivity index is 1.19. The van der Waals surface area contributed by atoms with Gasteiger partial charge in [-0.3, -0.25) is 9.48 Å². The van der Waals surface area contributed by atoms with Crippen LogP contribution in [0.1, 0.15) is 50.5 Å². The van der Waals surface area contributed by atoms with E-state index in [2.05, 4.69) is 25.3 Å². The van der Waals surface area contributed by atoms with Crippen LogP contribution in [0.4, 0.5) is 20.7 Å². The largest absolute Gasteiger partial charge is 0.444 e. The van der Waals surface area contributed by atoms with Crippen LogP contribution < -0.4 is 10.2 Å². The smallest absolute Gasteiger partial charge is 0.410 e. The molecule has 2 aromatic heterocycles. The molecule has 1 atom stereocenters. The van der Waals surface area contributed by atoms with Gasteiger partial charge in [0.05, 0.1) is 12.4 Å². The Labute approximate surface area is 214 Å². The highest BCUT2D eigenvalue weighted by Crippen LogP contribution is 2.31. The molecule has 2 amide bonds.